The molecule has 1 fully saturated rings. The van der Waals surface area contributed by atoms with E-state index < -0.39 is 17.9 Å². The molecular formula is C12H18N4O4. The lowest BCUT2D eigenvalue weighted by Crippen LogP contribution is -2.47. The maximum atomic E-state index is 11.7. The van der Waals surface area contributed by atoms with Crippen molar-refractivity contribution in [1.82, 2.24) is 20.4 Å². The largest absolute Gasteiger partial charge is 0.481 e. The van der Waals surface area contributed by atoms with Gasteiger partial charge in [0.1, 0.15) is 5.92 Å². The van der Waals surface area contributed by atoms with E-state index in [2.05, 4.69) is 15.7 Å². The minimum absolute atomic E-state index is 0.133. The molecule has 0 radical (unpaired) electrons. The van der Waals surface area contributed by atoms with Crippen molar-refractivity contribution in [3.05, 3.63) is 18.0 Å². The van der Waals surface area contributed by atoms with Crippen molar-refractivity contribution in [1.29, 1.82) is 0 Å². The Morgan fingerprint density at radius 3 is 3.00 bits per heavy atom. The van der Waals surface area contributed by atoms with Crippen molar-refractivity contribution in [3.63, 3.8) is 0 Å². The molecule has 3 N–H and O–H groups in total. The van der Waals surface area contributed by atoms with Gasteiger partial charge in [-0.1, -0.05) is 0 Å². The summed E-state index contributed by atoms with van der Waals surface area (Å²) in [5.41, 5.74) is 0.889. The first-order valence-corrected chi connectivity index (χ1v) is 6.39. The van der Waals surface area contributed by atoms with Crippen molar-refractivity contribution in [2.75, 3.05) is 19.8 Å². The molecule has 8 heteroatoms. The Kier molecular flexibility index (Phi) is 4.57. The summed E-state index contributed by atoms with van der Waals surface area (Å²) in [5.74, 6) is -1.64. The van der Waals surface area contributed by atoms with Gasteiger partial charge in [-0.25, -0.2) is 4.79 Å². The molecule has 20 heavy (non-hydrogen) atoms. The van der Waals surface area contributed by atoms with Crippen molar-refractivity contribution in [3.8, 4) is 0 Å². The first-order valence-electron chi connectivity index (χ1n) is 6.39. The van der Waals surface area contributed by atoms with E-state index in [1.807, 2.05) is 19.3 Å². The number of carbonyl (C=O) groups is 2. The molecule has 2 heterocycles. The minimum atomic E-state index is -0.957. The van der Waals surface area contributed by atoms with E-state index in [1.165, 1.54) is 0 Å². The van der Waals surface area contributed by atoms with E-state index in [-0.39, 0.29) is 19.2 Å². The summed E-state index contributed by atoms with van der Waals surface area (Å²) in [6.07, 6.45) is 2.46. The number of hydrogen-bond acceptors (Lipinski definition) is 4. The summed E-state index contributed by atoms with van der Waals surface area (Å²) >= 11 is 0. The number of aryl methyl sites for hydroxylation is 1. The average Bonchev–Trinajstić information content (AvgIpc) is 2.98. The van der Waals surface area contributed by atoms with Crippen LogP contribution in [0.1, 0.15) is 5.69 Å². The van der Waals surface area contributed by atoms with Crippen molar-refractivity contribution >= 4 is 12.0 Å². The lowest BCUT2D eigenvalue weighted by Gasteiger charge is -2.16. The summed E-state index contributed by atoms with van der Waals surface area (Å²) in [6.45, 7) is 0.799. The molecule has 8 nitrogen and oxygen atoms in total. The Balaban J connectivity index is 1.71. The summed E-state index contributed by atoms with van der Waals surface area (Å²) in [7, 11) is 1.83. The van der Waals surface area contributed by atoms with E-state index in [0.29, 0.717) is 13.0 Å². The first kappa shape index (κ1) is 14.3. The number of carbonyl (C=O) groups excluding carboxylic acids is 1. The summed E-state index contributed by atoms with van der Waals surface area (Å²) in [4.78, 5) is 22.6. The van der Waals surface area contributed by atoms with Crippen molar-refractivity contribution in [2.24, 2.45) is 13.0 Å². The highest BCUT2D eigenvalue weighted by Gasteiger charge is 2.34. The molecule has 1 aromatic heterocycles. The average molecular weight is 282 g/mol. The molecule has 2 unspecified atom stereocenters. The zero-order valence-electron chi connectivity index (χ0n) is 11.2. The number of carboxylic acids is 1. The Morgan fingerprint density at radius 1 is 1.55 bits per heavy atom. The van der Waals surface area contributed by atoms with E-state index in [0.717, 1.165) is 5.69 Å². The van der Waals surface area contributed by atoms with E-state index in [1.54, 1.807) is 4.68 Å². The fraction of sp³-hybridized carbons (Fsp3) is 0.583. The molecule has 0 spiro atoms. The lowest BCUT2D eigenvalue weighted by molar-refractivity contribution is -0.142. The zero-order valence-corrected chi connectivity index (χ0v) is 11.2. The van der Waals surface area contributed by atoms with Gasteiger partial charge in [0.2, 0.25) is 0 Å². The molecule has 2 atom stereocenters. The highest BCUT2D eigenvalue weighted by Crippen LogP contribution is 2.13. The summed E-state index contributed by atoms with van der Waals surface area (Å²) in [5, 5.41) is 18.5. The fourth-order valence-electron chi connectivity index (χ4n) is 2.06. The van der Waals surface area contributed by atoms with E-state index in [9.17, 15) is 9.59 Å². The van der Waals surface area contributed by atoms with Gasteiger partial charge in [-0.2, -0.15) is 5.10 Å². The number of ether oxygens (including phenoxy) is 1. The quantitative estimate of drug-likeness (QED) is 0.666. The lowest BCUT2D eigenvalue weighted by atomic mass is 10.0. The van der Waals surface area contributed by atoms with Gasteiger partial charge in [-0.05, 0) is 6.07 Å². The molecule has 0 bridgehead atoms. The Morgan fingerprint density at radius 2 is 2.35 bits per heavy atom. The third-order valence-corrected chi connectivity index (χ3v) is 3.15. The zero-order chi connectivity index (χ0) is 14.5. The standard InChI is InChI=1S/C12H18N4O4/c1-16-5-3-8(15-16)2-4-13-12(19)14-10-7-20-6-9(10)11(17)18/h3,5,9-10H,2,4,6-7H2,1H3,(H,17,18)(H2,13,14,19). The van der Waals surface area contributed by atoms with E-state index in [4.69, 9.17) is 9.84 Å². The monoisotopic (exact) mass is 282 g/mol. The van der Waals surface area contributed by atoms with Crippen LogP contribution in [0, 0.1) is 5.92 Å². The summed E-state index contributed by atoms with van der Waals surface area (Å²) < 4.78 is 6.77. The first-order chi connectivity index (χ1) is 9.56. The predicted molar refractivity (Wildman–Crippen MR) is 69.2 cm³/mol. The number of hydrogen-bond donors (Lipinski definition) is 3. The number of aliphatic carboxylic acids is 1. The maximum Gasteiger partial charge on any atom is 0.315 e. The number of rotatable bonds is 5. The minimum Gasteiger partial charge on any atom is -0.481 e. The van der Waals surface area contributed by atoms with Crippen molar-refractivity contribution < 1.29 is 19.4 Å². The normalized spacial score (nSPS) is 21.6. The maximum absolute atomic E-state index is 11.7. The Hall–Kier alpha value is -2.09. The Labute approximate surface area is 116 Å². The fourth-order valence-corrected chi connectivity index (χ4v) is 2.06. The Bertz CT molecular complexity index is 488. The van der Waals surface area contributed by atoms with Crippen LogP contribution >= 0.6 is 0 Å². The van der Waals surface area contributed by atoms with Crippen molar-refractivity contribution in [2.45, 2.75) is 12.5 Å². The highest BCUT2D eigenvalue weighted by molar-refractivity contribution is 5.77. The second kappa shape index (κ2) is 6.38. The number of urea groups is 1. The van der Waals surface area contributed by atoms with Gasteiger partial charge in [-0.3, -0.25) is 9.48 Å². The molecule has 0 aromatic carbocycles. The van der Waals surface area contributed by atoms with Crippen LogP contribution in [0.5, 0.6) is 0 Å². The molecular weight excluding hydrogens is 264 g/mol. The van der Waals surface area contributed by atoms with Crippen LogP contribution in [0.3, 0.4) is 0 Å². The number of amides is 2. The number of nitrogens with zero attached hydrogens (tertiary/aromatic N) is 2. The smallest absolute Gasteiger partial charge is 0.315 e. The SMILES string of the molecule is Cn1ccc(CCNC(=O)NC2COCC2C(=O)O)n1. The molecule has 2 amide bonds. The van der Waals surface area contributed by atoms with Crippen LogP contribution in [0.15, 0.2) is 12.3 Å². The molecule has 1 aromatic rings. The van der Waals surface area contributed by atoms with Crippen LogP contribution in [0.25, 0.3) is 0 Å². The van der Waals surface area contributed by atoms with Gasteiger partial charge in [-0.15, -0.1) is 0 Å². The second-order valence-electron chi connectivity index (χ2n) is 4.72. The van der Waals surface area contributed by atoms with Gasteiger partial charge in [0.05, 0.1) is 24.9 Å². The third kappa shape index (κ3) is 3.70. The number of nitrogens with one attached hydrogen (secondary N) is 2. The predicted octanol–water partition coefficient (Wildman–Crippen LogP) is -0.639. The van der Waals surface area contributed by atoms with E-state index >= 15 is 0 Å². The number of aromatic nitrogens is 2. The highest BCUT2D eigenvalue weighted by atomic mass is 16.5. The molecule has 2 rings (SSSR count). The van der Waals surface area contributed by atoms with Crippen LogP contribution < -0.4 is 10.6 Å². The molecule has 1 saturated heterocycles. The molecule has 0 saturated carbocycles. The second-order valence-corrected chi connectivity index (χ2v) is 4.72. The molecule has 1 aliphatic heterocycles. The van der Waals surface area contributed by atoms with Crippen LogP contribution in [-0.4, -0.2) is 52.7 Å². The molecule has 1 aliphatic rings. The molecule has 0 aliphatic carbocycles. The summed E-state index contributed by atoms with van der Waals surface area (Å²) in [6, 6.07) is 1.01. The van der Waals surface area contributed by atoms with Gasteiger partial charge in [0.25, 0.3) is 0 Å². The van der Waals surface area contributed by atoms with Gasteiger partial charge in [0.15, 0.2) is 0 Å². The van der Waals surface area contributed by atoms with Gasteiger partial charge in [0, 0.05) is 26.2 Å². The van der Waals surface area contributed by atoms with Crippen LogP contribution in [0.4, 0.5) is 4.79 Å². The topological polar surface area (TPSA) is 105 Å². The third-order valence-electron chi connectivity index (χ3n) is 3.15. The van der Waals surface area contributed by atoms with Crippen LogP contribution in [-0.2, 0) is 23.0 Å². The van der Waals surface area contributed by atoms with Gasteiger partial charge < -0.3 is 20.5 Å². The van der Waals surface area contributed by atoms with Crippen LogP contribution in [0.2, 0.25) is 0 Å². The number of carboxylic acid groups (broad SMARTS) is 1. The van der Waals surface area contributed by atoms with Gasteiger partial charge >= 0.3 is 12.0 Å². The molecule has 110 valence electrons.